The zero-order valence-corrected chi connectivity index (χ0v) is 13.4. The van der Waals surface area contributed by atoms with E-state index in [-0.39, 0.29) is 11.2 Å². The van der Waals surface area contributed by atoms with Crippen molar-refractivity contribution in [1.29, 1.82) is 0 Å². The van der Waals surface area contributed by atoms with Gasteiger partial charge in [-0.1, -0.05) is 35.2 Å². The summed E-state index contributed by atoms with van der Waals surface area (Å²) in [6, 6.07) is 6.46. The Hall–Kier alpha value is -2.19. The number of amides is 1. The first kappa shape index (κ1) is 14.7. The molecule has 0 radical (unpaired) electrons. The highest BCUT2D eigenvalue weighted by atomic mass is 32.2. The molecule has 0 fully saturated rings. The third-order valence-electron chi connectivity index (χ3n) is 2.98. The van der Waals surface area contributed by atoms with Crippen LogP contribution in [-0.4, -0.2) is 22.4 Å². The predicted octanol–water partition coefficient (Wildman–Crippen LogP) is 2.93. The molecule has 0 atom stereocenters. The molecule has 0 aliphatic rings. The molecule has 1 N–H and O–H groups in total. The van der Waals surface area contributed by atoms with Crippen molar-refractivity contribution >= 4 is 45.1 Å². The smallest absolute Gasteiger partial charge is 0.293 e. The number of thioether (sulfide) groups is 1. The predicted molar refractivity (Wildman–Crippen MR) is 86.9 cm³/mol. The molecule has 2 aromatic heterocycles. The lowest BCUT2D eigenvalue weighted by Crippen LogP contribution is -2.15. The van der Waals surface area contributed by atoms with Gasteiger partial charge in [0.05, 0.1) is 5.39 Å². The first-order chi connectivity index (χ1) is 10.6. The van der Waals surface area contributed by atoms with E-state index in [4.69, 9.17) is 4.42 Å². The average molecular weight is 333 g/mol. The monoisotopic (exact) mass is 333 g/mol. The Morgan fingerprint density at radius 3 is 2.91 bits per heavy atom. The number of carbonyl (C=O) groups excluding carboxylic acids is 1. The van der Waals surface area contributed by atoms with Gasteiger partial charge in [-0.3, -0.25) is 14.9 Å². The first-order valence-corrected chi connectivity index (χ1v) is 8.35. The van der Waals surface area contributed by atoms with E-state index in [2.05, 4.69) is 15.5 Å². The number of hydrogen-bond acceptors (Lipinski definition) is 7. The summed E-state index contributed by atoms with van der Waals surface area (Å²) in [5.74, 6) is -0.571. The van der Waals surface area contributed by atoms with Crippen LogP contribution in [-0.2, 0) is 0 Å². The van der Waals surface area contributed by atoms with Gasteiger partial charge in [0.15, 0.2) is 15.5 Å². The lowest BCUT2D eigenvalue weighted by molar-refractivity contribution is 0.0997. The normalized spacial score (nSPS) is 10.8. The van der Waals surface area contributed by atoms with Crippen LogP contribution in [0.1, 0.15) is 16.1 Å². The Morgan fingerprint density at radius 2 is 2.18 bits per heavy atom. The standard InChI is InChI=1S/C14H11N3O3S2/c1-7-4-3-5-8-9(18)6-10(20-11(7)8)12(19)15-13-16-17-14(21-2)22-13/h3-6H,1-2H3,(H,15,16,19). The average Bonchev–Trinajstić information content (AvgIpc) is 2.95. The van der Waals surface area contributed by atoms with Gasteiger partial charge in [-0.15, -0.1) is 10.2 Å². The van der Waals surface area contributed by atoms with Gasteiger partial charge in [-0.05, 0) is 24.8 Å². The Morgan fingerprint density at radius 1 is 1.36 bits per heavy atom. The minimum atomic E-state index is -0.522. The number of aromatic nitrogens is 2. The van der Waals surface area contributed by atoms with Crippen LogP contribution in [0.3, 0.4) is 0 Å². The third-order valence-corrected chi connectivity index (χ3v) is 4.79. The fraction of sp³-hybridized carbons (Fsp3) is 0.143. The van der Waals surface area contributed by atoms with Crippen molar-refractivity contribution in [3.63, 3.8) is 0 Å². The second-order valence-electron chi connectivity index (χ2n) is 4.46. The summed E-state index contributed by atoms with van der Waals surface area (Å²) >= 11 is 2.69. The molecule has 8 heteroatoms. The molecular formula is C14H11N3O3S2. The Bertz CT molecular complexity index is 917. The fourth-order valence-corrected chi connectivity index (χ4v) is 3.10. The molecule has 0 unspecified atom stereocenters. The minimum absolute atomic E-state index is 0.0484. The van der Waals surface area contributed by atoms with Crippen LogP contribution < -0.4 is 10.7 Å². The molecule has 1 amide bonds. The van der Waals surface area contributed by atoms with Gasteiger partial charge in [0.25, 0.3) is 5.91 Å². The molecular weight excluding hydrogens is 322 g/mol. The van der Waals surface area contributed by atoms with E-state index < -0.39 is 5.91 Å². The second-order valence-corrected chi connectivity index (χ2v) is 6.49. The number of nitrogens with zero attached hydrogens (tertiary/aromatic N) is 2. The van der Waals surface area contributed by atoms with Gasteiger partial charge in [-0.25, -0.2) is 0 Å². The summed E-state index contributed by atoms with van der Waals surface area (Å²) in [7, 11) is 0. The molecule has 0 aliphatic heterocycles. The summed E-state index contributed by atoms with van der Waals surface area (Å²) in [5.41, 5.74) is 0.962. The summed E-state index contributed by atoms with van der Waals surface area (Å²) < 4.78 is 6.32. The molecule has 2 heterocycles. The van der Waals surface area contributed by atoms with Crippen LogP contribution in [0.4, 0.5) is 5.13 Å². The van der Waals surface area contributed by atoms with E-state index >= 15 is 0 Å². The number of fused-ring (bicyclic) bond motifs is 1. The maximum atomic E-state index is 12.2. The van der Waals surface area contributed by atoms with Crippen LogP contribution in [0, 0.1) is 6.92 Å². The minimum Gasteiger partial charge on any atom is -0.450 e. The summed E-state index contributed by atoms with van der Waals surface area (Å²) in [6.07, 6.45) is 1.87. The number of para-hydroxylation sites is 1. The SMILES string of the molecule is CSc1nnc(NC(=O)c2cc(=O)c3cccc(C)c3o2)s1. The molecule has 3 aromatic rings. The number of rotatable bonds is 3. The van der Waals surface area contributed by atoms with Crippen LogP contribution in [0.5, 0.6) is 0 Å². The lowest BCUT2D eigenvalue weighted by Gasteiger charge is -2.04. The van der Waals surface area contributed by atoms with Crippen molar-refractivity contribution in [1.82, 2.24) is 10.2 Å². The molecule has 0 aliphatic carbocycles. The summed E-state index contributed by atoms with van der Waals surface area (Å²) in [6.45, 7) is 1.82. The molecule has 3 rings (SSSR count). The van der Waals surface area contributed by atoms with Crippen molar-refractivity contribution in [2.24, 2.45) is 0 Å². The van der Waals surface area contributed by atoms with Gasteiger partial charge in [0.1, 0.15) is 5.58 Å². The second kappa shape index (κ2) is 5.90. The lowest BCUT2D eigenvalue weighted by atomic mass is 10.1. The third kappa shape index (κ3) is 2.75. The van der Waals surface area contributed by atoms with Gasteiger partial charge < -0.3 is 4.42 Å². The van der Waals surface area contributed by atoms with E-state index in [0.29, 0.717) is 16.1 Å². The van der Waals surface area contributed by atoms with Gasteiger partial charge >= 0.3 is 0 Å². The van der Waals surface area contributed by atoms with E-state index in [9.17, 15) is 9.59 Å². The molecule has 0 saturated carbocycles. The molecule has 22 heavy (non-hydrogen) atoms. The van der Waals surface area contributed by atoms with E-state index in [0.717, 1.165) is 9.90 Å². The number of carbonyl (C=O) groups is 1. The molecule has 0 bridgehead atoms. The Labute approximate surface area is 133 Å². The van der Waals surface area contributed by atoms with Crippen molar-refractivity contribution in [2.75, 3.05) is 11.6 Å². The number of aryl methyl sites for hydroxylation is 1. The highest BCUT2D eigenvalue weighted by Crippen LogP contribution is 2.24. The fourth-order valence-electron chi connectivity index (χ4n) is 1.93. The van der Waals surface area contributed by atoms with E-state index in [1.165, 1.54) is 29.2 Å². The number of benzene rings is 1. The first-order valence-electron chi connectivity index (χ1n) is 6.31. The Kier molecular flexibility index (Phi) is 3.95. The quantitative estimate of drug-likeness (QED) is 0.586. The molecule has 112 valence electrons. The van der Waals surface area contributed by atoms with Crippen molar-refractivity contribution < 1.29 is 9.21 Å². The van der Waals surface area contributed by atoms with Crippen molar-refractivity contribution in [3.8, 4) is 0 Å². The zero-order chi connectivity index (χ0) is 15.7. The van der Waals surface area contributed by atoms with Gasteiger partial charge in [0, 0.05) is 6.07 Å². The summed E-state index contributed by atoms with van der Waals surface area (Å²) in [5, 5.41) is 11.1. The molecule has 0 spiro atoms. The van der Waals surface area contributed by atoms with Crippen molar-refractivity contribution in [2.45, 2.75) is 11.3 Å². The van der Waals surface area contributed by atoms with Crippen LogP contribution >= 0.6 is 23.1 Å². The van der Waals surface area contributed by atoms with E-state index in [1.807, 2.05) is 19.2 Å². The zero-order valence-electron chi connectivity index (χ0n) is 11.7. The number of nitrogens with one attached hydrogen (secondary N) is 1. The van der Waals surface area contributed by atoms with Crippen molar-refractivity contribution in [3.05, 3.63) is 45.8 Å². The Balaban J connectivity index is 1.97. The van der Waals surface area contributed by atoms with Crippen LogP contribution in [0.2, 0.25) is 0 Å². The highest BCUT2D eigenvalue weighted by Gasteiger charge is 2.15. The largest absolute Gasteiger partial charge is 0.450 e. The maximum Gasteiger partial charge on any atom is 0.293 e. The van der Waals surface area contributed by atoms with Crippen LogP contribution in [0.25, 0.3) is 11.0 Å². The van der Waals surface area contributed by atoms with Crippen LogP contribution in [0.15, 0.2) is 37.8 Å². The summed E-state index contributed by atoms with van der Waals surface area (Å²) in [4.78, 5) is 24.3. The molecule has 1 aromatic carbocycles. The van der Waals surface area contributed by atoms with Gasteiger partial charge in [0.2, 0.25) is 5.13 Å². The number of anilines is 1. The molecule has 6 nitrogen and oxygen atoms in total. The van der Waals surface area contributed by atoms with E-state index in [1.54, 1.807) is 12.1 Å². The highest BCUT2D eigenvalue weighted by molar-refractivity contribution is 8.00. The number of hydrogen-bond donors (Lipinski definition) is 1. The maximum absolute atomic E-state index is 12.2. The van der Waals surface area contributed by atoms with Gasteiger partial charge in [-0.2, -0.15) is 0 Å². The molecule has 0 saturated heterocycles. The topological polar surface area (TPSA) is 85.1 Å².